The second-order valence-electron chi connectivity index (χ2n) is 11.1. The van der Waals surface area contributed by atoms with Gasteiger partial charge in [-0.1, -0.05) is 117 Å². The summed E-state index contributed by atoms with van der Waals surface area (Å²) in [4.78, 5) is 21.2. The summed E-state index contributed by atoms with van der Waals surface area (Å²) in [5, 5.41) is 21.2. The molecule has 0 aliphatic heterocycles. The number of unbranched alkanes of at least 4 members (excludes halogenated alkanes) is 16. The molecule has 0 saturated carbocycles. The zero-order valence-electron chi connectivity index (χ0n) is 26.9. The minimum atomic E-state index is -1.26. The van der Waals surface area contributed by atoms with E-state index in [0.717, 1.165) is 25.7 Å². The molecule has 0 heterocycles. The van der Waals surface area contributed by atoms with Gasteiger partial charge >= 0.3 is 69.5 Å². The van der Waals surface area contributed by atoms with Crippen molar-refractivity contribution in [1.82, 2.24) is 0 Å². The molecule has 0 aromatic rings. The fraction of sp³-hybridized carbons (Fsp3) is 0.938. The third kappa shape index (κ3) is 37.2. The van der Waals surface area contributed by atoms with Gasteiger partial charge in [0, 0.05) is 0 Å². The summed E-state index contributed by atoms with van der Waals surface area (Å²) in [5.74, 6) is -2.38. The third-order valence-corrected chi connectivity index (χ3v) is 12.5. The van der Waals surface area contributed by atoms with E-state index < -0.39 is 20.1 Å². The zero-order valence-corrected chi connectivity index (χ0v) is 33.3. The van der Waals surface area contributed by atoms with E-state index in [1.807, 2.05) is 0 Å². The van der Waals surface area contributed by atoms with Gasteiger partial charge in [-0.3, -0.25) is 0 Å². The Morgan fingerprint density at radius 3 is 0.951 bits per heavy atom. The van der Waals surface area contributed by atoms with E-state index in [4.69, 9.17) is 0 Å². The van der Waals surface area contributed by atoms with E-state index in [1.54, 1.807) is 8.87 Å². The van der Waals surface area contributed by atoms with E-state index in [2.05, 4.69) is 78.2 Å². The van der Waals surface area contributed by atoms with Crippen LogP contribution in [-0.2, 0) is 9.59 Å². The fourth-order valence-corrected chi connectivity index (χ4v) is 8.73. The molecule has 0 saturated heterocycles. The van der Waals surface area contributed by atoms with Crippen LogP contribution in [0.5, 0.6) is 0 Å². The second kappa shape index (κ2) is 34.0. The first-order valence-corrected chi connectivity index (χ1v) is 22.3. The van der Waals surface area contributed by atoms with E-state index in [9.17, 15) is 19.8 Å². The topological polar surface area (TPSA) is 80.3 Å². The first kappa shape index (κ1) is 46.6. The van der Waals surface area contributed by atoms with Crippen LogP contribution in [0.15, 0.2) is 0 Å². The number of hydrogen-bond donors (Lipinski definition) is 4. The van der Waals surface area contributed by atoms with Gasteiger partial charge in [0.15, 0.2) is 0 Å². The third-order valence-electron chi connectivity index (χ3n) is 6.83. The SMILES string of the molecule is CCCCCCCCCCC(S)(S)C(=O)[O-].CCCCCCCCCCC(S)(S)C(=O)[O-].CCC[CH2][Sn+2][CH2]CCC. The summed E-state index contributed by atoms with van der Waals surface area (Å²) in [7, 11) is 0. The molecule has 0 unspecified atom stereocenters. The van der Waals surface area contributed by atoms with Crippen LogP contribution < -0.4 is 10.2 Å². The molecule has 0 radical (unpaired) electrons. The van der Waals surface area contributed by atoms with Crippen molar-refractivity contribution >= 4 is 83.6 Å². The van der Waals surface area contributed by atoms with Crippen LogP contribution in [0.1, 0.15) is 169 Å². The van der Waals surface area contributed by atoms with Gasteiger partial charge < -0.3 is 19.8 Å². The Balaban J connectivity index is -0.000000551. The monoisotopic (exact) mass is 760 g/mol. The van der Waals surface area contributed by atoms with Crippen LogP contribution in [0.25, 0.3) is 0 Å². The van der Waals surface area contributed by atoms with Crippen molar-refractivity contribution in [2.75, 3.05) is 0 Å². The summed E-state index contributed by atoms with van der Waals surface area (Å²) in [6, 6.07) is 0. The van der Waals surface area contributed by atoms with Crippen molar-refractivity contribution in [2.45, 2.75) is 186 Å². The van der Waals surface area contributed by atoms with Crippen molar-refractivity contribution in [3.63, 3.8) is 0 Å². The summed E-state index contributed by atoms with van der Waals surface area (Å²) < 4.78 is 0.726. The molecule has 0 rings (SSSR count). The number of carbonyl (C=O) groups excluding carboxylic acids is 2. The summed E-state index contributed by atoms with van der Waals surface area (Å²) >= 11 is 16.0. The van der Waals surface area contributed by atoms with Crippen LogP contribution in [0.4, 0.5) is 0 Å². The van der Waals surface area contributed by atoms with Crippen molar-refractivity contribution in [3.8, 4) is 0 Å². The van der Waals surface area contributed by atoms with Crippen LogP contribution in [0, 0.1) is 0 Å². The number of thiol groups is 4. The standard InChI is InChI=1S/2C12H24O2S2.2C4H9.Sn/c2*1-2-3-4-5-6-7-8-9-10-12(15,16)11(13)14;2*1-3-4-2;/h2*15-16H,2-10H2,1H3,(H,13,14);2*1,3-4H2,2H3;/q;;;;+2/p-2. The van der Waals surface area contributed by atoms with E-state index in [0.29, 0.717) is 12.8 Å². The number of aliphatic carboxylic acids is 2. The maximum atomic E-state index is 10.6. The van der Waals surface area contributed by atoms with Gasteiger partial charge in [-0.25, -0.2) is 0 Å². The molecule has 0 bridgehead atoms. The molecule has 0 aliphatic carbocycles. The molecule has 0 aliphatic rings. The number of carboxylic acids is 2. The second-order valence-corrected chi connectivity index (χ2v) is 19.2. The van der Waals surface area contributed by atoms with Gasteiger partial charge in [-0.15, -0.1) is 0 Å². The van der Waals surface area contributed by atoms with Crippen LogP contribution in [-0.4, -0.2) is 41.2 Å². The zero-order chi connectivity index (χ0) is 31.8. The Morgan fingerprint density at radius 1 is 0.463 bits per heavy atom. The van der Waals surface area contributed by atoms with Gasteiger partial charge in [0.2, 0.25) is 0 Å². The predicted molar refractivity (Wildman–Crippen MR) is 191 cm³/mol. The predicted octanol–water partition coefficient (Wildman–Crippen LogP) is 8.77. The normalized spacial score (nSPS) is 11.1. The Labute approximate surface area is 287 Å². The Kier molecular flexibility index (Phi) is 38.6. The summed E-state index contributed by atoms with van der Waals surface area (Å²) in [6.45, 7) is 9.00. The van der Waals surface area contributed by atoms with Crippen molar-refractivity contribution in [2.24, 2.45) is 0 Å². The first-order valence-electron chi connectivity index (χ1n) is 16.5. The molecule has 9 heteroatoms. The molecular formula is C32H64O4S4Sn. The quantitative estimate of drug-likeness (QED) is 0.0308. The molecule has 0 spiro atoms. The Bertz CT molecular complexity index is 530. The van der Waals surface area contributed by atoms with E-state index in [-0.39, 0.29) is 21.1 Å². The van der Waals surface area contributed by atoms with E-state index >= 15 is 0 Å². The molecule has 41 heavy (non-hydrogen) atoms. The Hall–Kier alpha value is 1.14. The molecule has 0 aromatic carbocycles. The average molecular weight is 760 g/mol. The molecule has 0 N–H and O–H groups in total. The molecule has 4 nitrogen and oxygen atoms in total. The van der Waals surface area contributed by atoms with Crippen molar-refractivity contribution < 1.29 is 19.8 Å². The van der Waals surface area contributed by atoms with Crippen LogP contribution in [0.3, 0.4) is 0 Å². The first-order chi connectivity index (χ1) is 19.4. The van der Waals surface area contributed by atoms with Gasteiger partial charge in [-0.05, 0) is 12.8 Å². The fourth-order valence-electron chi connectivity index (χ4n) is 3.94. The van der Waals surface area contributed by atoms with Crippen LogP contribution >= 0.6 is 50.5 Å². The average Bonchev–Trinajstić information content (AvgIpc) is 2.92. The van der Waals surface area contributed by atoms with Gasteiger partial charge in [0.05, 0.1) is 20.1 Å². The number of hydrogen-bond acceptors (Lipinski definition) is 8. The molecule has 244 valence electrons. The van der Waals surface area contributed by atoms with Crippen molar-refractivity contribution in [3.05, 3.63) is 0 Å². The number of carbonyl (C=O) groups is 2. The molecule has 0 amide bonds. The van der Waals surface area contributed by atoms with Gasteiger partial charge in [-0.2, -0.15) is 50.5 Å². The summed E-state index contributed by atoms with van der Waals surface area (Å²) in [5.41, 5.74) is 0. The molecule has 0 atom stereocenters. The van der Waals surface area contributed by atoms with Gasteiger partial charge in [0.1, 0.15) is 0 Å². The van der Waals surface area contributed by atoms with Gasteiger partial charge in [0.25, 0.3) is 0 Å². The van der Waals surface area contributed by atoms with Crippen molar-refractivity contribution in [1.29, 1.82) is 0 Å². The Morgan fingerprint density at radius 2 is 0.707 bits per heavy atom. The van der Waals surface area contributed by atoms with E-state index in [1.165, 1.54) is 103 Å². The molecule has 0 aromatic heterocycles. The number of carboxylic acid groups (broad SMARTS) is 2. The minimum absolute atomic E-state index is 0.149. The molecular weight excluding hydrogens is 695 g/mol. The maximum absolute atomic E-state index is 10.6. The molecule has 0 fully saturated rings. The number of rotatable bonds is 26. The van der Waals surface area contributed by atoms with Crippen LogP contribution in [0.2, 0.25) is 8.87 Å². The summed E-state index contributed by atoms with van der Waals surface area (Å²) in [6.07, 6.45) is 25.9.